The number of rotatable bonds is 3. The van der Waals surface area contributed by atoms with Crippen molar-refractivity contribution >= 4 is 0 Å². The number of fused-ring (bicyclic) bond motifs is 1. The standard InChI is InChI=1S/C14H18F3N/c1-18(10-14(15,16)17)9-11-6-7-12-4-2-3-5-13(12)8-11/h6-8H,2-5,9-10H2,1H3. The van der Waals surface area contributed by atoms with E-state index >= 15 is 0 Å². The Hall–Kier alpha value is -1.03. The molecule has 4 heteroatoms. The first-order chi connectivity index (χ1) is 8.44. The number of nitrogens with zero attached hydrogens (tertiary/aromatic N) is 1. The van der Waals surface area contributed by atoms with Gasteiger partial charge in [-0.25, -0.2) is 0 Å². The van der Waals surface area contributed by atoms with E-state index in [2.05, 4.69) is 12.1 Å². The summed E-state index contributed by atoms with van der Waals surface area (Å²) in [6.07, 6.45) is 0.457. The van der Waals surface area contributed by atoms with Crippen LogP contribution in [-0.2, 0) is 19.4 Å². The molecular weight excluding hydrogens is 239 g/mol. The molecule has 1 aromatic rings. The lowest BCUT2D eigenvalue weighted by molar-refractivity contribution is -0.144. The van der Waals surface area contributed by atoms with Crippen LogP contribution < -0.4 is 0 Å². The Kier molecular flexibility index (Phi) is 3.95. The Balaban J connectivity index is 2.01. The van der Waals surface area contributed by atoms with Crippen molar-refractivity contribution in [3.8, 4) is 0 Å². The average Bonchev–Trinajstić information content (AvgIpc) is 2.26. The summed E-state index contributed by atoms with van der Waals surface area (Å²) in [5.74, 6) is 0. The van der Waals surface area contributed by atoms with Crippen LogP contribution in [0.25, 0.3) is 0 Å². The zero-order valence-corrected chi connectivity index (χ0v) is 10.6. The Morgan fingerprint density at radius 3 is 2.44 bits per heavy atom. The summed E-state index contributed by atoms with van der Waals surface area (Å²) in [6.45, 7) is -0.503. The van der Waals surface area contributed by atoms with Crippen LogP contribution >= 0.6 is 0 Å². The zero-order chi connectivity index (χ0) is 13.2. The molecular formula is C14H18F3N. The lowest BCUT2D eigenvalue weighted by Gasteiger charge is -2.21. The summed E-state index contributed by atoms with van der Waals surface area (Å²) in [7, 11) is 1.51. The molecule has 18 heavy (non-hydrogen) atoms. The first-order valence-electron chi connectivity index (χ1n) is 6.30. The molecule has 0 N–H and O–H groups in total. The van der Waals surface area contributed by atoms with Crippen molar-refractivity contribution in [2.45, 2.75) is 38.4 Å². The summed E-state index contributed by atoms with van der Waals surface area (Å²) in [5.41, 5.74) is 3.66. The van der Waals surface area contributed by atoms with Gasteiger partial charge in [-0.2, -0.15) is 13.2 Å². The quantitative estimate of drug-likeness (QED) is 0.800. The SMILES string of the molecule is CN(Cc1ccc2c(c1)CCCC2)CC(F)(F)F. The molecule has 0 radical (unpaired) electrons. The summed E-state index contributed by atoms with van der Waals surface area (Å²) in [6, 6.07) is 6.10. The molecule has 1 aromatic carbocycles. The van der Waals surface area contributed by atoms with Crippen molar-refractivity contribution in [1.29, 1.82) is 0 Å². The van der Waals surface area contributed by atoms with Crippen molar-refractivity contribution in [3.05, 3.63) is 34.9 Å². The smallest absolute Gasteiger partial charge is 0.294 e. The van der Waals surface area contributed by atoms with Crippen molar-refractivity contribution in [1.82, 2.24) is 4.90 Å². The van der Waals surface area contributed by atoms with Gasteiger partial charge in [0.15, 0.2) is 0 Å². The molecule has 0 saturated carbocycles. The maximum Gasteiger partial charge on any atom is 0.401 e. The van der Waals surface area contributed by atoms with Crippen molar-refractivity contribution in [2.75, 3.05) is 13.6 Å². The minimum atomic E-state index is -4.12. The van der Waals surface area contributed by atoms with Gasteiger partial charge in [0.05, 0.1) is 6.54 Å². The molecule has 1 aliphatic rings. The number of hydrogen-bond acceptors (Lipinski definition) is 1. The topological polar surface area (TPSA) is 3.24 Å². The molecule has 1 nitrogen and oxygen atoms in total. The molecule has 0 aromatic heterocycles. The van der Waals surface area contributed by atoms with E-state index in [1.54, 1.807) is 0 Å². The highest BCUT2D eigenvalue weighted by atomic mass is 19.4. The lowest BCUT2D eigenvalue weighted by Crippen LogP contribution is -2.30. The normalized spacial score (nSPS) is 15.8. The minimum absolute atomic E-state index is 0.354. The van der Waals surface area contributed by atoms with E-state index < -0.39 is 12.7 Å². The van der Waals surface area contributed by atoms with E-state index in [1.165, 1.54) is 35.9 Å². The first kappa shape index (κ1) is 13.4. The van der Waals surface area contributed by atoms with Crippen molar-refractivity contribution in [2.24, 2.45) is 0 Å². The molecule has 100 valence electrons. The van der Waals surface area contributed by atoms with Crippen LogP contribution in [0.4, 0.5) is 13.2 Å². The molecule has 2 rings (SSSR count). The van der Waals surface area contributed by atoms with Crippen LogP contribution in [0.15, 0.2) is 18.2 Å². The monoisotopic (exact) mass is 257 g/mol. The highest BCUT2D eigenvalue weighted by molar-refractivity contribution is 5.33. The summed E-state index contributed by atoms with van der Waals surface area (Å²) >= 11 is 0. The van der Waals surface area contributed by atoms with Gasteiger partial charge in [0.2, 0.25) is 0 Å². The van der Waals surface area contributed by atoms with Gasteiger partial charge in [-0.05, 0) is 49.4 Å². The third-order valence-electron chi connectivity index (χ3n) is 3.31. The van der Waals surface area contributed by atoms with E-state index in [0.29, 0.717) is 6.54 Å². The molecule has 0 spiro atoms. The fourth-order valence-electron chi connectivity index (χ4n) is 2.56. The fourth-order valence-corrected chi connectivity index (χ4v) is 2.56. The van der Waals surface area contributed by atoms with Gasteiger partial charge in [-0.15, -0.1) is 0 Å². The molecule has 0 bridgehead atoms. The number of hydrogen-bond donors (Lipinski definition) is 0. The van der Waals surface area contributed by atoms with Crippen LogP contribution in [0.5, 0.6) is 0 Å². The Morgan fingerprint density at radius 1 is 1.11 bits per heavy atom. The van der Waals surface area contributed by atoms with Gasteiger partial charge in [0, 0.05) is 6.54 Å². The second kappa shape index (κ2) is 5.31. The number of benzene rings is 1. The lowest BCUT2D eigenvalue weighted by atomic mass is 9.90. The first-order valence-corrected chi connectivity index (χ1v) is 6.30. The molecule has 0 aliphatic heterocycles. The summed E-state index contributed by atoms with van der Waals surface area (Å²) in [5, 5.41) is 0. The zero-order valence-electron chi connectivity index (χ0n) is 10.6. The Bertz CT molecular complexity index is 412. The highest BCUT2D eigenvalue weighted by Crippen LogP contribution is 2.23. The molecule has 0 fully saturated rings. The molecule has 0 heterocycles. The van der Waals surface area contributed by atoms with Gasteiger partial charge in [-0.1, -0.05) is 18.2 Å². The van der Waals surface area contributed by atoms with Crippen LogP contribution in [-0.4, -0.2) is 24.7 Å². The van der Waals surface area contributed by atoms with Crippen LogP contribution in [0.1, 0.15) is 29.5 Å². The molecule has 0 saturated heterocycles. The van der Waals surface area contributed by atoms with Crippen molar-refractivity contribution in [3.63, 3.8) is 0 Å². The van der Waals surface area contributed by atoms with Gasteiger partial charge in [0.25, 0.3) is 0 Å². The maximum absolute atomic E-state index is 12.2. The number of halogens is 3. The van der Waals surface area contributed by atoms with Crippen LogP contribution in [0.2, 0.25) is 0 Å². The fraction of sp³-hybridized carbons (Fsp3) is 0.571. The maximum atomic E-state index is 12.2. The third kappa shape index (κ3) is 3.73. The third-order valence-corrected chi connectivity index (χ3v) is 3.31. The number of alkyl halides is 3. The second-order valence-electron chi connectivity index (χ2n) is 5.10. The van der Waals surface area contributed by atoms with E-state index in [1.807, 2.05) is 6.07 Å². The highest BCUT2D eigenvalue weighted by Gasteiger charge is 2.29. The Morgan fingerprint density at radius 2 is 1.78 bits per heavy atom. The summed E-state index contributed by atoms with van der Waals surface area (Å²) < 4.78 is 36.7. The van der Waals surface area contributed by atoms with Gasteiger partial charge < -0.3 is 0 Å². The summed E-state index contributed by atoms with van der Waals surface area (Å²) in [4.78, 5) is 1.31. The van der Waals surface area contributed by atoms with E-state index in [0.717, 1.165) is 18.4 Å². The average molecular weight is 257 g/mol. The predicted molar refractivity (Wildman–Crippen MR) is 65.5 cm³/mol. The molecule has 1 aliphatic carbocycles. The van der Waals surface area contributed by atoms with Crippen LogP contribution in [0, 0.1) is 0 Å². The van der Waals surface area contributed by atoms with Crippen LogP contribution in [0.3, 0.4) is 0 Å². The predicted octanol–water partition coefficient (Wildman–Crippen LogP) is 3.56. The second-order valence-corrected chi connectivity index (χ2v) is 5.10. The molecule has 0 atom stereocenters. The van der Waals surface area contributed by atoms with E-state index in [9.17, 15) is 13.2 Å². The van der Waals surface area contributed by atoms with Gasteiger partial charge in [0.1, 0.15) is 0 Å². The largest absolute Gasteiger partial charge is 0.401 e. The van der Waals surface area contributed by atoms with Crippen molar-refractivity contribution < 1.29 is 13.2 Å². The van der Waals surface area contributed by atoms with E-state index in [-0.39, 0.29) is 0 Å². The minimum Gasteiger partial charge on any atom is -0.294 e. The molecule has 0 amide bonds. The number of aryl methyl sites for hydroxylation is 2. The molecule has 0 unspecified atom stereocenters. The Labute approximate surface area is 106 Å². The van der Waals surface area contributed by atoms with E-state index in [4.69, 9.17) is 0 Å². The van der Waals surface area contributed by atoms with Gasteiger partial charge >= 0.3 is 6.18 Å². The van der Waals surface area contributed by atoms with Gasteiger partial charge in [-0.3, -0.25) is 4.90 Å².